The second kappa shape index (κ2) is 11.6. The summed E-state index contributed by atoms with van der Waals surface area (Å²) in [4.78, 5) is 28.5. The number of likely N-dealkylation sites (tertiary alicyclic amines) is 1. The van der Waals surface area contributed by atoms with Gasteiger partial charge in [0.05, 0.1) is 23.5 Å². The highest BCUT2D eigenvalue weighted by atomic mass is 35.5. The van der Waals surface area contributed by atoms with Crippen molar-refractivity contribution in [3.63, 3.8) is 0 Å². The van der Waals surface area contributed by atoms with E-state index in [9.17, 15) is 13.6 Å². The van der Waals surface area contributed by atoms with Gasteiger partial charge in [-0.1, -0.05) is 31.2 Å². The molecule has 0 atom stereocenters. The largest absolute Gasteiger partial charge is 0.339 e. The lowest BCUT2D eigenvalue weighted by molar-refractivity contribution is 0.0681. The number of hydrogen-bond donors (Lipinski definition) is 2. The monoisotopic (exact) mass is 588 g/mol. The Morgan fingerprint density at radius 1 is 1.02 bits per heavy atom. The molecule has 2 aliphatic heterocycles. The van der Waals surface area contributed by atoms with E-state index in [-0.39, 0.29) is 36.7 Å². The number of fused-ring (bicyclic) bond motifs is 3. The van der Waals surface area contributed by atoms with Crippen molar-refractivity contribution in [1.29, 1.82) is 0 Å². The summed E-state index contributed by atoms with van der Waals surface area (Å²) < 4.78 is 29.6. The summed E-state index contributed by atoms with van der Waals surface area (Å²) in [5.41, 5.74) is 9.59. The molecule has 216 valence electrons. The molecule has 42 heavy (non-hydrogen) atoms. The predicted molar refractivity (Wildman–Crippen MR) is 162 cm³/mol. The molecule has 3 aromatic carbocycles. The van der Waals surface area contributed by atoms with Crippen LogP contribution in [0.3, 0.4) is 0 Å². The maximum absolute atomic E-state index is 14.8. The van der Waals surface area contributed by atoms with Crippen molar-refractivity contribution in [2.45, 2.75) is 39.3 Å². The number of hydrogen-bond acceptors (Lipinski definition) is 6. The first-order valence-corrected chi connectivity index (χ1v) is 13.7. The quantitative estimate of drug-likeness (QED) is 0.275. The van der Waals surface area contributed by atoms with Crippen LogP contribution in [-0.2, 0) is 6.54 Å². The van der Waals surface area contributed by atoms with Gasteiger partial charge < -0.3 is 16.0 Å². The van der Waals surface area contributed by atoms with Crippen LogP contribution < -0.4 is 11.1 Å². The zero-order valence-corrected chi connectivity index (χ0v) is 23.1. The van der Waals surface area contributed by atoms with E-state index < -0.39 is 11.6 Å². The third kappa shape index (κ3) is 5.75. The van der Waals surface area contributed by atoms with E-state index in [2.05, 4.69) is 15.3 Å². The highest BCUT2D eigenvalue weighted by Crippen LogP contribution is 2.35. The molecular formula is C32H31ClF2N6O. The molecule has 4 aromatic rings. The number of aliphatic imine (C=N–C) groups is 1. The number of anilines is 2. The number of benzene rings is 3. The lowest BCUT2D eigenvalue weighted by atomic mass is 9.91. The molecule has 7 nitrogen and oxygen atoms in total. The number of halogens is 3. The summed E-state index contributed by atoms with van der Waals surface area (Å²) in [6.07, 6.45) is 3.18. The number of piperidine rings is 1. The Balaban J connectivity index is 0.00000353. The fourth-order valence-corrected chi connectivity index (χ4v) is 5.32. The van der Waals surface area contributed by atoms with Crippen molar-refractivity contribution in [3.05, 3.63) is 106 Å². The van der Waals surface area contributed by atoms with Gasteiger partial charge >= 0.3 is 0 Å². The van der Waals surface area contributed by atoms with Gasteiger partial charge in [0.2, 0.25) is 5.95 Å². The molecule has 2 aliphatic rings. The minimum Gasteiger partial charge on any atom is -0.339 e. The minimum atomic E-state index is -0.714. The fraction of sp³-hybridized carbons (Fsp3) is 0.250. The first-order valence-electron chi connectivity index (χ1n) is 13.3. The first-order chi connectivity index (χ1) is 19.7. The second-order valence-electron chi connectivity index (χ2n) is 10.7. The Morgan fingerprint density at radius 2 is 1.71 bits per heavy atom. The first kappa shape index (κ1) is 29.3. The number of rotatable bonds is 4. The minimum absolute atomic E-state index is 0. The van der Waals surface area contributed by atoms with E-state index in [4.69, 9.17) is 22.3 Å². The van der Waals surface area contributed by atoms with Gasteiger partial charge in [0.15, 0.2) is 0 Å². The smallest absolute Gasteiger partial charge is 0.253 e. The average Bonchev–Trinajstić information content (AvgIpc) is 3.10. The van der Waals surface area contributed by atoms with Crippen LogP contribution in [0.25, 0.3) is 11.3 Å². The van der Waals surface area contributed by atoms with E-state index in [1.807, 2.05) is 11.8 Å². The number of amides is 1. The van der Waals surface area contributed by atoms with Gasteiger partial charge in [-0.3, -0.25) is 9.79 Å². The molecule has 0 radical (unpaired) electrons. The van der Waals surface area contributed by atoms with Gasteiger partial charge in [0.25, 0.3) is 5.91 Å². The molecule has 0 spiro atoms. The molecule has 3 heterocycles. The second-order valence-corrected chi connectivity index (χ2v) is 11.1. The number of nitrogens with zero attached hydrogens (tertiary/aromatic N) is 4. The molecule has 1 amide bonds. The summed E-state index contributed by atoms with van der Waals surface area (Å²) >= 11 is 6.30. The average molecular weight is 589 g/mol. The summed E-state index contributed by atoms with van der Waals surface area (Å²) in [5.74, 6) is -1.13. The number of nitrogens with one attached hydrogen (secondary N) is 1. The highest BCUT2D eigenvalue weighted by molar-refractivity contribution is 6.31. The third-order valence-corrected chi connectivity index (χ3v) is 7.78. The molecule has 3 N–H and O–H groups in total. The van der Waals surface area contributed by atoms with Crippen molar-refractivity contribution in [2.75, 3.05) is 18.4 Å². The normalized spacial score (nSPS) is 15.5. The zero-order valence-electron chi connectivity index (χ0n) is 22.3. The molecule has 0 bridgehead atoms. The van der Waals surface area contributed by atoms with Crippen molar-refractivity contribution in [1.82, 2.24) is 14.9 Å². The van der Waals surface area contributed by atoms with Gasteiger partial charge in [-0.25, -0.2) is 18.7 Å². The summed E-state index contributed by atoms with van der Waals surface area (Å²) in [6, 6.07) is 16.0. The molecule has 0 aliphatic carbocycles. The van der Waals surface area contributed by atoms with E-state index in [0.29, 0.717) is 57.7 Å². The van der Waals surface area contributed by atoms with Crippen molar-refractivity contribution in [3.8, 4) is 11.3 Å². The topological polar surface area (TPSA) is 96.5 Å². The van der Waals surface area contributed by atoms with Crippen LogP contribution in [0.4, 0.5) is 20.4 Å². The van der Waals surface area contributed by atoms with Gasteiger partial charge in [-0.15, -0.1) is 0 Å². The maximum atomic E-state index is 14.8. The molecule has 0 unspecified atom stereocenters. The van der Waals surface area contributed by atoms with E-state index in [0.717, 1.165) is 12.8 Å². The number of aromatic nitrogens is 2. The Bertz CT molecular complexity index is 1660. The number of nitrogens with two attached hydrogens (primary N) is 1. The van der Waals surface area contributed by atoms with Crippen LogP contribution in [0, 0.1) is 11.6 Å². The van der Waals surface area contributed by atoms with Crippen LogP contribution in [0.5, 0.6) is 0 Å². The van der Waals surface area contributed by atoms with Gasteiger partial charge in [0.1, 0.15) is 11.6 Å². The Morgan fingerprint density at radius 3 is 2.40 bits per heavy atom. The van der Waals surface area contributed by atoms with Gasteiger partial charge in [-0.05, 0) is 68.3 Å². The van der Waals surface area contributed by atoms with E-state index >= 15 is 0 Å². The predicted octanol–water partition coefficient (Wildman–Crippen LogP) is 6.76. The molecule has 1 aromatic heterocycles. The number of carbonyl (C=O) groups excluding carboxylic acids is 1. The Kier molecular flexibility index (Phi) is 8.08. The Labute approximate surface area is 248 Å². The number of carbonyl (C=O) groups is 1. The van der Waals surface area contributed by atoms with Crippen LogP contribution in [0.1, 0.15) is 54.2 Å². The molecule has 1 fully saturated rings. The summed E-state index contributed by atoms with van der Waals surface area (Å²) in [7, 11) is 0. The lowest BCUT2D eigenvalue weighted by Gasteiger charge is -2.36. The molecule has 1 saturated heterocycles. The molecular weight excluding hydrogens is 558 g/mol. The van der Waals surface area contributed by atoms with Crippen LogP contribution >= 0.6 is 11.6 Å². The maximum Gasteiger partial charge on any atom is 0.253 e. The fourth-order valence-electron chi connectivity index (χ4n) is 5.15. The third-order valence-electron chi connectivity index (χ3n) is 7.54. The van der Waals surface area contributed by atoms with Crippen LogP contribution in [-0.4, -0.2) is 45.1 Å². The van der Waals surface area contributed by atoms with Gasteiger partial charge in [-0.2, -0.15) is 0 Å². The molecule has 0 saturated carbocycles. The van der Waals surface area contributed by atoms with E-state index in [1.54, 1.807) is 48.7 Å². The van der Waals surface area contributed by atoms with Gasteiger partial charge in [0, 0.05) is 57.8 Å². The highest BCUT2D eigenvalue weighted by Gasteiger charge is 2.29. The lowest BCUT2D eigenvalue weighted by Crippen LogP contribution is -2.49. The SMILES string of the molecule is C.CC1(N)CCN(C(=O)c2ccc(Nc3ncc4c(n3)-c3ccc(Cl)cc3C(c3c(F)cccc3F)=NC4)cc2)CC1. The Hall–Kier alpha value is -4.21. The zero-order chi connectivity index (χ0) is 28.7. The van der Waals surface area contributed by atoms with Crippen molar-refractivity contribution in [2.24, 2.45) is 10.7 Å². The summed E-state index contributed by atoms with van der Waals surface area (Å²) in [6.45, 7) is 3.41. The molecule has 10 heteroatoms. The summed E-state index contributed by atoms with van der Waals surface area (Å²) in [5, 5.41) is 3.59. The van der Waals surface area contributed by atoms with E-state index in [1.165, 1.54) is 18.2 Å². The van der Waals surface area contributed by atoms with Crippen LogP contribution in [0.15, 0.2) is 71.9 Å². The molecule has 6 rings (SSSR count). The van der Waals surface area contributed by atoms with Crippen molar-refractivity contribution >= 4 is 34.9 Å². The van der Waals surface area contributed by atoms with Crippen molar-refractivity contribution < 1.29 is 13.6 Å². The standard InChI is InChI=1S/C31H27ClF2N6O.CH4/c1-31(35)11-13-40(14-12-31)29(41)18-5-8-21(9-6-18)38-30-37-17-19-16-36-28(26-24(33)3-2-4-25(26)34)23-15-20(32)7-10-22(23)27(19)39-30;/h2-10,15,17H,11-14,16,35H2,1H3,(H,37,38,39);1H4. The van der Waals surface area contributed by atoms with Crippen LogP contribution in [0.2, 0.25) is 5.02 Å².